The molecule has 1 amide bonds. The van der Waals surface area contributed by atoms with Crippen LogP contribution in [0.5, 0.6) is 0 Å². The van der Waals surface area contributed by atoms with E-state index >= 15 is 0 Å². The molecule has 1 aromatic heterocycles. The largest absolute Gasteiger partial charge is 0.448 e. The highest BCUT2D eigenvalue weighted by Crippen LogP contribution is 2.27. The van der Waals surface area contributed by atoms with Crippen LogP contribution in [0.4, 0.5) is 10.7 Å². The molecule has 0 spiro atoms. The van der Waals surface area contributed by atoms with Gasteiger partial charge >= 0.3 is 6.09 Å². The Morgan fingerprint density at radius 1 is 1.48 bits per heavy atom. The molecule has 2 aliphatic heterocycles. The van der Waals surface area contributed by atoms with E-state index in [0.29, 0.717) is 44.4 Å². The van der Waals surface area contributed by atoms with Crippen LogP contribution in [-0.2, 0) is 14.6 Å². The monoisotopic (exact) mass is 369 g/mol. The number of rotatable bonds is 6. The van der Waals surface area contributed by atoms with E-state index in [0.717, 1.165) is 19.4 Å². The van der Waals surface area contributed by atoms with Crippen molar-refractivity contribution in [3.63, 3.8) is 0 Å². The van der Waals surface area contributed by atoms with E-state index < -0.39 is 9.84 Å². The van der Waals surface area contributed by atoms with Gasteiger partial charge < -0.3 is 20.3 Å². The van der Waals surface area contributed by atoms with Gasteiger partial charge in [-0.05, 0) is 19.4 Å². The second-order valence-corrected chi connectivity index (χ2v) is 8.27. The SMILES string of the molecule is CS(=O)(=O)c1cnc(NCCN2CCOC2=O)nc1[C@@H]1CCCNC1. The lowest BCUT2D eigenvalue weighted by Crippen LogP contribution is -2.31. The molecule has 0 aromatic carbocycles. The van der Waals surface area contributed by atoms with Gasteiger partial charge in [0.15, 0.2) is 9.84 Å². The number of carbonyl (C=O) groups excluding carboxylic acids is 1. The van der Waals surface area contributed by atoms with Gasteiger partial charge in [0.05, 0.1) is 18.4 Å². The molecule has 0 saturated carbocycles. The van der Waals surface area contributed by atoms with Gasteiger partial charge in [0.25, 0.3) is 0 Å². The zero-order valence-corrected chi connectivity index (χ0v) is 15.0. The van der Waals surface area contributed by atoms with Crippen LogP contribution >= 0.6 is 0 Å². The standard InChI is InChI=1S/C15H23N5O4S/c1-25(22,23)12-10-18-14(17-5-6-20-7-8-24-15(20)21)19-13(12)11-3-2-4-16-9-11/h10-11,16H,2-9H2,1H3,(H,17,18,19)/t11-/m1/s1. The smallest absolute Gasteiger partial charge is 0.409 e. The first kappa shape index (κ1) is 17.9. The first-order chi connectivity index (χ1) is 11.9. The average molecular weight is 369 g/mol. The van der Waals surface area contributed by atoms with E-state index in [1.54, 1.807) is 4.90 Å². The number of carbonyl (C=O) groups is 1. The number of aromatic nitrogens is 2. The Labute approximate surface area is 147 Å². The molecule has 2 fully saturated rings. The topological polar surface area (TPSA) is 114 Å². The highest BCUT2D eigenvalue weighted by atomic mass is 32.2. The normalized spacial score (nSPS) is 21.2. The van der Waals surface area contributed by atoms with Crippen molar-refractivity contribution in [1.29, 1.82) is 0 Å². The van der Waals surface area contributed by atoms with Crippen LogP contribution in [0.2, 0.25) is 0 Å². The van der Waals surface area contributed by atoms with E-state index in [4.69, 9.17) is 4.74 Å². The van der Waals surface area contributed by atoms with Crippen molar-refractivity contribution in [2.75, 3.05) is 50.9 Å². The van der Waals surface area contributed by atoms with Crippen LogP contribution < -0.4 is 10.6 Å². The number of amides is 1. The second kappa shape index (κ2) is 7.52. The molecule has 2 aliphatic rings. The quantitative estimate of drug-likeness (QED) is 0.732. The molecular formula is C15H23N5O4S. The van der Waals surface area contributed by atoms with Crippen LogP contribution in [0.1, 0.15) is 24.5 Å². The minimum Gasteiger partial charge on any atom is -0.448 e. The summed E-state index contributed by atoms with van der Waals surface area (Å²) in [5.41, 5.74) is 0.563. The molecule has 25 heavy (non-hydrogen) atoms. The van der Waals surface area contributed by atoms with Crippen LogP contribution in [0.3, 0.4) is 0 Å². The van der Waals surface area contributed by atoms with Gasteiger partial charge in [-0.1, -0.05) is 0 Å². The lowest BCUT2D eigenvalue weighted by atomic mass is 9.96. The van der Waals surface area contributed by atoms with Crippen molar-refractivity contribution < 1.29 is 17.9 Å². The predicted octanol–water partition coefficient (Wildman–Crippen LogP) is 0.211. The molecular weight excluding hydrogens is 346 g/mol. The van der Waals surface area contributed by atoms with Crippen LogP contribution in [0.25, 0.3) is 0 Å². The van der Waals surface area contributed by atoms with Crippen molar-refractivity contribution in [3.05, 3.63) is 11.9 Å². The summed E-state index contributed by atoms with van der Waals surface area (Å²) in [5, 5.41) is 6.35. The molecule has 2 saturated heterocycles. The molecule has 0 radical (unpaired) electrons. The third-order valence-corrected chi connectivity index (χ3v) is 5.49. The molecule has 138 valence electrons. The first-order valence-electron chi connectivity index (χ1n) is 8.38. The maximum atomic E-state index is 12.1. The third kappa shape index (κ3) is 4.37. The Hall–Kier alpha value is -1.94. The molecule has 2 N–H and O–H groups in total. The average Bonchev–Trinajstić information content (AvgIpc) is 3.00. The van der Waals surface area contributed by atoms with E-state index in [1.165, 1.54) is 12.5 Å². The van der Waals surface area contributed by atoms with Gasteiger partial charge in [0.2, 0.25) is 5.95 Å². The Morgan fingerprint density at radius 2 is 2.32 bits per heavy atom. The maximum Gasteiger partial charge on any atom is 0.409 e. The summed E-state index contributed by atoms with van der Waals surface area (Å²) in [4.78, 5) is 21.8. The summed E-state index contributed by atoms with van der Waals surface area (Å²) in [6.07, 6.45) is 4.11. The number of hydrogen-bond donors (Lipinski definition) is 2. The Morgan fingerprint density at radius 3 is 2.96 bits per heavy atom. The van der Waals surface area contributed by atoms with Crippen LogP contribution in [0.15, 0.2) is 11.1 Å². The number of sulfone groups is 1. The van der Waals surface area contributed by atoms with E-state index in [9.17, 15) is 13.2 Å². The molecule has 0 unspecified atom stereocenters. The third-order valence-electron chi connectivity index (χ3n) is 4.38. The molecule has 0 bridgehead atoms. The zero-order chi connectivity index (χ0) is 17.9. The van der Waals surface area contributed by atoms with Crippen molar-refractivity contribution in [2.45, 2.75) is 23.7 Å². The molecule has 3 heterocycles. The van der Waals surface area contributed by atoms with Crippen molar-refractivity contribution in [3.8, 4) is 0 Å². The molecule has 1 aromatic rings. The number of nitrogens with one attached hydrogen (secondary N) is 2. The minimum atomic E-state index is -3.39. The maximum absolute atomic E-state index is 12.1. The Balaban J connectivity index is 1.72. The summed E-state index contributed by atoms with van der Waals surface area (Å²) < 4.78 is 29.0. The fourth-order valence-electron chi connectivity index (χ4n) is 3.06. The molecule has 3 rings (SSSR count). The summed E-state index contributed by atoms with van der Waals surface area (Å²) in [5.74, 6) is 0.427. The van der Waals surface area contributed by atoms with E-state index in [1.807, 2.05) is 0 Å². The summed E-state index contributed by atoms with van der Waals surface area (Å²) in [7, 11) is -3.39. The van der Waals surface area contributed by atoms with E-state index in [2.05, 4.69) is 20.6 Å². The number of nitrogens with zero attached hydrogens (tertiary/aromatic N) is 3. The van der Waals surface area contributed by atoms with Gasteiger partial charge in [-0.25, -0.2) is 23.2 Å². The lowest BCUT2D eigenvalue weighted by molar-refractivity contribution is 0.159. The first-order valence-corrected chi connectivity index (χ1v) is 10.3. The fraction of sp³-hybridized carbons (Fsp3) is 0.667. The number of hydrogen-bond acceptors (Lipinski definition) is 8. The molecule has 1 atom stereocenters. The Bertz CT molecular complexity index is 733. The number of ether oxygens (including phenoxy) is 1. The molecule has 9 nitrogen and oxygen atoms in total. The van der Waals surface area contributed by atoms with Gasteiger partial charge in [0.1, 0.15) is 11.5 Å². The molecule has 10 heteroatoms. The zero-order valence-electron chi connectivity index (χ0n) is 14.2. The van der Waals surface area contributed by atoms with Gasteiger partial charge in [-0.15, -0.1) is 0 Å². The number of cyclic esters (lactones) is 1. The minimum absolute atomic E-state index is 0.0515. The number of piperidine rings is 1. The summed E-state index contributed by atoms with van der Waals surface area (Å²) in [6.45, 7) is 3.59. The van der Waals surface area contributed by atoms with Crippen molar-refractivity contribution >= 4 is 21.9 Å². The lowest BCUT2D eigenvalue weighted by Gasteiger charge is -2.24. The summed E-state index contributed by atoms with van der Waals surface area (Å²) >= 11 is 0. The van der Waals surface area contributed by atoms with Gasteiger partial charge in [0, 0.05) is 31.8 Å². The molecule has 0 aliphatic carbocycles. The summed E-state index contributed by atoms with van der Waals surface area (Å²) in [6, 6.07) is 0. The second-order valence-electron chi connectivity index (χ2n) is 6.29. The van der Waals surface area contributed by atoms with Crippen LogP contribution in [-0.4, -0.2) is 75.0 Å². The van der Waals surface area contributed by atoms with Gasteiger partial charge in [-0.2, -0.15) is 0 Å². The Kier molecular flexibility index (Phi) is 5.38. The highest BCUT2D eigenvalue weighted by Gasteiger charge is 2.25. The van der Waals surface area contributed by atoms with Gasteiger partial charge in [-0.3, -0.25) is 0 Å². The number of anilines is 1. The van der Waals surface area contributed by atoms with E-state index in [-0.39, 0.29) is 16.9 Å². The van der Waals surface area contributed by atoms with Crippen molar-refractivity contribution in [2.24, 2.45) is 0 Å². The van der Waals surface area contributed by atoms with Crippen molar-refractivity contribution in [1.82, 2.24) is 20.2 Å². The predicted molar refractivity (Wildman–Crippen MR) is 91.4 cm³/mol. The fourth-order valence-corrected chi connectivity index (χ4v) is 3.90. The van der Waals surface area contributed by atoms with Crippen LogP contribution in [0, 0.1) is 0 Å². The highest BCUT2D eigenvalue weighted by molar-refractivity contribution is 7.90.